The number of anilines is 1. The van der Waals surface area contributed by atoms with E-state index in [1.165, 1.54) is 7.11 Å². The molecular formula is C17H17ClN2O3. The number of carbonyl (C=O) groups excluding carboxylic acids is 2. The van der Waals surface area contributed by atoms with E-state index in [1.807, 2.05) is 6.07 Å². The van der Waals surface area contributed by atoms with Crippen molar-refractivity contribution in [3.63, 3.8) is 0 Å². The molecule has 120 valence electrons. The van der Waals surface area contributed by atoms with E-state index in [-0.39, 0.29) is 5.91 Å². The fourth-order valence-electron chi connectivity index (χ4n) is 2.10. The zero-order valence-corrected chi connectivity index (χ0v) is 13.4. The van der Waals surface area contributed by atoms with Gasteiger partial charge >= 0.3 is 5.97 Å². The number of nitrogens with two attached hydrogens (primary N) is 1. The third kappa shape index (κ3) is 4.31. The van der Waals surface area contributed by atoms with Crippen molar-refractivity contribution in [1.82, 2.24) is 0 Å². The van der Waals surface area contributed by atoms with Crippen molar-refractivity contribution in [2.45, 2.75) is 6.42 Å². The number of hydrogen-bond donors (Lipinski definition) is 2. The molecule has 2 aromatic carbocycles. The van der Waals surface area contributed by atoms with Gasteiger partial charge in [0.05, 0.1) is 18.4 Å². The molecule has 0 unspecified atom stereocenters. The molecule has 0 fully saturated rings. The van der Waals surface area contributed by atoms with Crippen LogP contribution >= 0.6 is 11.6 Å². The second-order valence-corrected chi connectivity index (χ2v) is 5.31. The first-order valence-electron chi connectivity index (χ1n) is 7.03. The third-order valence-corrected chi connectivity index (χ3v) is 3.53. The summed E-state index contributed by atoms with van der Waals surface area (Å²) in [4.78, 5) is 24.2. The monoisotopic (exact) mass is 332 g/mol. The van der Waals surface area contributed by atoms with E-state index < -0.39 is 5.97 Å². The van der Waals surface area contributed by atoms with Crippen molar-refractivity contribution < 1.29 is 14.3 Å². The quantitative estimate of drug-likeness (QED) is 0.825. The molecule has 0 aliphatic heterocycles. The van der Waals surface area contributed by atoms with Crippen molar-refractivity contribution >= 4 is 29.2 Å². The molecule has 5 nitrogen and oxygen atoms in total. The van der Waals surface area contributed by atoms with Crippen molar-refractivity contribution in [2.24, 2.45) is 5.73 Å². The highest BCUT2D eigenvalue weighted by molar-refractivity contribution is 6.30. The molecule has 0 atom stereocenters. The van der Waals surface area contributed by atoms with E-state index in [1.54, 1.807) is 36.4 Å². The Kier molecular flexibility index (Phi) is 5.73. The summed E-state index contributed by atoms with van der Waals surface area (Å²) in [5.74, 6) is -0.853. The van der Waals surface area contributed by atoms with Crippen LogP contribution in [0.2, 0.25) is 5.02 Å². The molecule has 0 saturated carbocycles. The molecule has 0 heterocycles. The lowest BCUT2D eigenvalue weighted by molar-refractivity contribution is 0.0602. The van der Waals surface area contributed by atoms with E-state index >= 15 is 0 Å². The average Bonchev–Trinajstić information content (AvgIpc) is 2.56. The molecule has 2 aromatic rings. The number of rotatable bonds is 5. The van der Waals surface area contributed by atoms with Gasteiger partial charge in [-0.15, -0.1) is 0 Å². The van der Waals surface area contributed by atoms with Gasteiger partial charge < -0.3 is 15.8 Å². The Labute approximate surface area is 139 Å². The van der Waals surface area contributed by atoms with Crippen molar-refractivity contribution in [2.75, 3.05) is 19.0 Å². The summed E-state index contributed by atoms with van der Waals surface area (Å²) in [7, 11) is 1.29. The lowest BCUT2D eigenvalue weighted by atomic mass is 10.1. The Balaban J connectivity index is 2.29. The maximum Gasteiger partial charge on any atom is 0.339 e. The summed E-state index contributed by atoms with van der Waals surface area (Å²) in [6.45, 7) is 0.469. The predicted octanol–water partition coefficient (Wildman–Crippen LogP) is 2.88. The standard InChI is InChI=1S/C17H17ClN2O3/c1-23-17(22)14-10-11(8-9-19)2-7-15(14)20-16(21)12-3-5-13(18)6-4-12/h2-7,10H,8-9,19H2,1H3,(H,20,21). The summed E-state index contributed by atoms with van der Waals surface area (Å²) in [5.41, 5.74) is 7.55. The van der Waals surface area contributed by atoms with Crippen LogP contribution in [0.1, 0.15) is 26.3 Å². The van der Waals surface area contributed by atoms with Gasteiger partial charge in [-0.05, 0) is 54.9 Å². The topological polar surface area (TPSA) is 81.4 Å². The fourth-order valence-corrected chi connectivity index (χ4v) is 2.22. The number of halogens is 1. The van der Waals surface area contributed by atoms with E-state index in [4.69, 9.17) is 22.1 Å². The van der Waals surface area contributed by atoms with Crippen LogP contribution in [0.3, 0.4) is 0 Å². The minimum atomic E-state index is -0.518. The van der Waals surface area contributed by atoms with Gasteiger partial charge in [0.15, 0.2) is 0 Å². The van der Waals surface area contributed by atoms with Gasteiger partial charge in [-0.1, -0.05) is 17.7 Å². The van der Waals surface area contributed by atoms with Gasteiger partial charge in [-0.25, -0.2) is 4.79 Å². The first kappa shape index (κ1) is 17.0. The number of carbonyl (C=O) groups is 2. The van der Waals surface area contributed by atoms with E-state index in [0.29, 0.717) is 34.8 Å². The summed E-state index contributed by atoms with van der Waals surface area (Å²) >= 11 is 5.81. The predicted molar refractivity (Wildman–Crippen MR) is 89.9 cm³/mol. The zero-order valence-electron chi connectivity index (χ0n) is 12.6. The molecule has 23 heavy (non-hydrogen) atoms. The number of methoxy groups -OCH3 is 1. The van der Waals surface area contributed by atoms with Crippen LogP contribution in [0, 0.1) is 0 Å². The molecule has 0 radical (unpaired) electrons. The molecule has 0 aliphatic carbocycles. The van der Waals surface area contributed by atoms with Crippen LogP contribution in [0.4, 0.5) is 5.69 Å². The van der Waals surface area contributed by atoms with Gasteiger partial charge in [0.25, 0.3) is 5.91 Å². The number of hydrogen-bond acceptors (Lipinski definition) is 4. The van der Waals surface area contributed by atoms with Crippen LogP contribution in [-0.2, 0) is 11.2 Å². The Morgan fingerprint density at radius 1 is 1.17 bits per heavy atom. The Morgan fingerprint density at radius 3 is 2.48 bits per heavy atom. The van der Waals surface area contributed by atoms with Gasteiger partial charge in [-0.3, -0.25) is 4.79 Å². The highest BCUT2D eigenvalue weighted by atomic mass is 35.5. The molecule has 1 amide bonds. The largest absolute Gasteiger partial charge is 0.465 e. The zero-order chi connectivity index (χ0) is 16.8. The molecule has 3 N–H and O–H groups in total. The normalized spacial score (nSPS) is 10.2. The van der Waals surface area contributed by atoms with Crippen molar-refractivity contribution in [3.8, 4) is 0 Å². The summed E-state index contributed by atoms with van der Waals surface area (Å²) < 4.78 is 4.77. The minimum absolute atomic E-state index is 0.292. The van der Waals surface area contributed by atoms with E-state index in [9.17, 15) is 9.59 Å². The SMILES string of the molecule is COC(=O)c1cc(CCN)ccc1NC(=O)c1ccc(Cl)cc1. The van der Waals surface area contributed by atoms with Crippen molar-refractivity contribution in [1.29, 1.82) is 0 Å². The average molecular weight is 333 g/mol. The van der Waals surface area contributed by atoms with Crippen LogP contribution in [-0.4, -0.2) is 25.5 Å². The molecule has 0 saturated heterocycles. The van der Waals surface area contributed by atoms with Crippen LogP contribution in [0.15, 0.2) is 42.5 Å². The summed E-state index contributed by atoms with van der Waals surface area (Å²) in [5, 5.41) is 3.26. The van der Waals surface area contributed by atoms with Gasteiger partial charge in [0.1, 0.15) is 0 Å². The Bertz CT molecular complexity index is 714. The van der Waals surface area contributed by atoms with Gasteiger partial charge in [-0.2, -0.15) is 0 Å². The number of benzene rings is 2. The first-order valence-corrected chi connectivity index (χ1v) is 7.41. The Hall–Kier alpha value is -2.37. The lowest BCUT2D eigenvalue weighted by Crippen LogP contribution is -2.16. The number of amides is 1. The minimum Gasteiger partial charge on any atom is -0.465 e. The molecule has 6 heteroatoms. The number of nitrogens with one attached hydrogen (secondary N) is 1. The second-order valence-electron chi connectivity index (χ2n) is 4.87. The smallest absolute Gasteiger partial charge is 0.339 e. The molecule has 0 spiro atoms. The van der Waals surface area contributed by atoms with Gasteiger partial charge in [0.2, 0.25) is 0 Å². The lowest BCUT2D eigenvalue weighted by Gasteiger charge is -2.11. The summed E-state index contributed by atoms with van der Waals surface area (Å²) in [6.07, 6.45) is 0.634. The first-order chi connectivity index (χ1) is 11.0. The van der Waals surface area contributed by atoms with Crippen LogP contribution < -0.4 is 11.1 Å². The maximum atomic E-state index is 12.3. The summed E-state index contributed by atoms with van der Waals surface area (Å²) in [6, 6.07) is 11.6. The van der Waals surface area contributed by atoms with Crippen LogP contribution in [0.5, 0.6) is 0 Å². The molecular weight excluding hydrogens is 316 g/mol. The fraction of sp³-hybridized carbons (Fsp3) is 0.176. The molecule has 0 aliphatic rings. The highest BCUT2D eigenvalue weighted by Gasteiger charge is 2.15. The Morgan fingerprint density at radius 2 is 1.87 bits per heavy atom. The maximum absolute atomic E-state index is 12.3. The second kappa shape index (κ2) is 7.76. The van der Waals surface area contributed by atoms with E-state index in [0.717, 1.165) is 5.56 Å². The van der Waals surface area contributed by atoms with Crippen molar-refractivity contribution in [3.05, 3.63) is 64.2 Å². The number of esters is 1. The van der Waals surface area contributed by atoms with E-state index in [2.05, 4.69) is 5.32 Å². The third-order valence-electron chi connectivity index (χ3n) is 3.28. The highest BCUT2D eigenvalue weighted by Crippen LogP contribution is 2.20. The molecule has 2 rings (SSSR count). The number of ether oxygens (including phenoxy) is 1. The molecule has 0 aromatic heterocycles. The van der Waals surface area contributed by atoms with Crippen LogP contribution in [0.25, 0.3) is 0 Å². The van der Waals surface area contributed by atoms with Gasteiger partial charge in [0, 0.05) is 10.6 Å². The molecule has 0 bridgehead atoms.